The van der Waals surface area contributed by atoms with Gasteiger partial charge in [0.25, 0.3) is 5.91 Å². The number of rotatable bonds is 4. The van der Waals surface area contributed by atoms with Crippen LogP contribution in [-0.2, 0) is 0 Å². The van der Waals surface area contributed by atoms with Crippen molar-refractivity contribution in [3.8, 4) is 11.6 Å². The molecule has 8 heteroatoms. The van der Waals surface area contributed by atoms with Crippen LogP contribution in [0.4, 0.5) is 5.69 Å². The highest BCUT2D eigenvalue weighted by atomic mass is 79.9. The summed E-state index contributed by atoms with van der Waals surface area (Å²) in [5.41, 5.74) is 1.85. The monoisotopic (exact) mass is 409 g/mol. The molecule has 0 saturated heterocycles. The molecule has 0 aliphatic heterocycles. The SMILES string of the molecule is O=C(Nc1ccc(Oc2ncnc3[nH]ncc23)cc1)c1ccc(Br)cc1. The number of nitrogens with zero attached hydrogens (tertiary/aromatic N) is 3. The molecule has 0 aliphatic rings. The lowest BCUT2D eigenvalue weighted by molar-refractivity contribution is 0.102. The van der Waals surface area contributed by atoms with Crippen LogP contribution in [-0.4, -0.2) is 26.1 Å². The molecule has 2 N–H and O–H groups in total. The lowest BCUT2D eigenvalue weighted by atomic mass is 10.2. The number of aromatic nitrogens is 4. The molecule has 2 aromatic carbocycles. The Labute approximate surface area is 156 Å². The number of anilines is 1. The number of H-pyrrole nitrogens is 1. The second-order valence-corrected chi connectivity index (χ2v) is 6.31. The molecule has 0 radical (unpaired) electrons. The number of aromatic amines is 1. The summed E-state index contributed by atoms with van der Waals surface area (Å²) in [6.07, 6.45) is 3.01. The average Bonchev–Trinajstić information content (AvgIpc) is 3.14. The molecule has 7 nitrogen and oxygen atoms in total. The second kappa shape index (κ2) is 6.93. The number of fused-ring (bicyclic) bond motifs is 1. The molecule has 128 valence electrons. The van der Waals surface area contributed by atoms with Gasteiger partial charge in [-0.25, -0.2) is 9.97 Å². The first-order valence-corrected chi connectivity index (χ1v) is 8.47. The van der Waals surface area contributed by atoms with Crippen LogP contribution in [0.3, 0.4) is 0 Å². The Balaban J connectivity index is 1.47. The van der Waals surface area contributed by atoms with Crippen LogP contribution in [0.25, 0.3) is 11.0 Å². The largest absolute Gasteiger partial charge is 0.438 e. The maximum atomic E-state index is 12.2. The average molecular weight is 410 g/mol. The van der Waals surface area contributed by atoms with E-state index in [4.69, 9.17) is 4.74 Å². The Bertz CT molecular complexity index is 1060. The van der Waals surface area contributed by atoms with Crippen LogP contribution in [0.1, 0.15) is 10.4 Å². The van der Waals surface area contributed by atoms with Crippen LogP contribution in [0.15, 0.2) is 65.5 Å². The van der Waals surface area contributed by atoms with Crippen molar-refractivity contribution < 1.29 is 9.53 Å². The van der Waals surface area contributed by atoms with Gasteiger partial charge in [-0.1, -0.05) is 15.9 Å². The minimum absolute atomic E-state index is 0.179. The van der Waals surface area contributed by atoms with E-state index in [-0.39, 0.29) is 5.91 Å². The summed E-state index contributed by atoms with van der Waals surface area (Å²) in [5, 5.41) is 10.2. The molecular weight excluding hydrogens is 398 g/mol. The van der Waals surface area contributed by atoms with Crippen LogP contribution in [0.2, 0.25) is 0 Å². The summed E-state index contributed by atoms with van der Waals surface area (Å²) in [5.74, 6) is 0.824. The van der Waals surface area contributed by atoms with E-state index in [1.165, 1.54) is 6.33 Å². The number of benzene rings is 2. The fourth-order valence-electron chi connectivity index (χ4n) is 2.35. The first-order valence-electron chi connectivity index (χ1n) is 7.68. The quantitative estimate of drug-likeness (QED) is 0.527. The number of halogens is 1. The molecule has 2 heterocycles. The standard InChI is InChI=1S/C18H12BrN5O2/c19-12-3-1-11(2-4-12)17(25)23-13-5-7-14(8-6-13)26-18-15-9-22-24-16(15)20-10-21-18/h1-10H,(H,23,25)(H,20,21,22,24). The topological polar surface area (TPSA) is 92.8 Å². The highest BCUT2D eigenvalue weighted by molar-refractivity contribution is 9.10. The summed E-state index contributed by atoms with van der Waals surface area (Å²) in [6, 6.07) is 14.2. The van der Waals surface area contributed by atoms with Gasteiger partial charge < -0.3 is 10.1 Å². The van der Waals surface area contributed by atoms with Crippen molar-refractivity contribution in [3.63, 3.8) is 0 Å². The Morgan fingerprint density at radius 3 is 2.58 bits per heavy atom. The fraction of sp³-hybridized carbons (Fsp3) is 0. The van der Waals surface area contributed by atoms with Crippen LogP contribution in [0, 0.1) is 0 Å². The maximum absolute atomic E-state index is 12.2. The van der Waals surface area contributed by atoms with E-state index in [0.717, 1.165) is 4.47 Å². The van der Waals surface area contributed by atoms with Gasteiger partial charge in [-0.15, -0.1) is 0 Å². The number of carbonyl (C=O) groups excluding carboxylic acids is 1. The molecule has 0 bridgehead atoms. The zero-order valence-electron chi connectivity index (χ0n) is 13.3. The highest BCUT2D eigenvalue weighted by Crippen LogP contribution is 2.26. The molecule has 0 fully saturated rings. The van der Waals surface area contributed by atoms with Crippen LogP contribution < -0.4 is 10.1 Å². The van der Waals surface area contributed by atoms with Crippen molar-refractivity contribution in [2.24, 2.45) is 0 Å². The molecule has 0 atom stereocenters. The number of carbonyl (C=O) groups is 1. The third-order valence-electron chi connectivity index (χ3n) is 3.64. The Kier molecular flexibility index (Phi) is 4.32. The number of ether oxygens (including phenoxy) is 1. The molecule has 0 saturated carbocycles. The van der Waals surface area contributed by atoms with Gasteiger partial charge >= 0.3 is 0 Å². The predicted molar refractivity (Wildman–Crippen MR) is 100 cm³/mol. The molecule has 0 spiro atoms. The van der Waals surface area contributed by atoms with E-state index in [0.29, 0.717) is 33.9 Å². The summed E-state index contributed by atoms with van der Waals surface area (Å²) < 4.78 is 6.70. The normalized spacial score (nSPS) is 10.7. The van der Waals surface area contributed by atoms with Crippen molar-refractivity contribution in [1.82, 2.24) is 20.2 Å². The van der Waals surface area contributed by atoms with Gasteiger partial charge in [0.05, 0.1) is 6.20 Å². The molecule has 4 aromatic rings. The van der Waals surface area contributed by atoms with Crippen molar-refractivity contribution in [2.75, 3.05) is 5.32 Å². The number of hydrogen-bond donors (Lipinski definition) is 2. The third kappa shape index (κ3) is 3.40. The number of amides is 1. The van der Waals surface area contributed by atoms with E-state index >= 15 is 0 Å². The number of nitrogens with one attached hydrogen (secondary N) is 2. The van der Waals surface area contributed by atoms with Crippen molar-refractivity contribution in [1.29, 1.82) is 0 Å². The molecule has 26 heavy (non-hydrogen) atoms. The zero-order valence-corrected chi connectivity index (χ0v) is 14.9. The van der Waals surface area contributed by atoms with Crippen LogP contribution >= 0.6 is 15.9 Å². The lowest BCUT2D eigenvalue weighted by Crippen LogP contribution is -2.11. The summed E-state index contributed by atoms with van der Waals surface area (Å²) in [7, 11) is 0. The van der Waals surface area contributed by atoms with E-state index in [9.17, 15) is 4.79 Å². The first kappa shape index (κ1) is 16.2. The molecule has 4 rings (SSSR count). The van der Waals surface area contributed by atoms with Crippen molar-refractivity contribution >= 4 is 38.6 Å². The zero-order chi connectivity index (χ0) is 17.9. The van der Waals surface area contributed by atoms with Gasteiger partial charge in [0, 0.05) is 15.7 Å². The van der Waals surface area contributed by atoms with Crippen molar-refractivity contribution in [2.45, 2.75) is 0 Å². The van der Waals surface area contributed by atoms with E-state index in [2.05, 4.69) is 41.4 Å². The Hall–Kier alpha value is -3.26. The van der Waals surface area contributed by atoms with Crippen molar-refractivity contribution in [3.05, 3.63) is 71.1 Å². The lowest BCUT2D eigenvalue weighted by Gasteiger charge is -2.08. The number of hydrogen-bond acceptors (Lipinski definition) is 5. The Morgan fingerprint density at radius 2 is 1.81 bits per heavy atom. The van der Waals surface area contributed by atoms with E-state index < -0.39 is 0 Å². The predicted octanol–water partition coefficient (Wildman–Crippen LogP) is 4.16. The molecule has 0 aliphatic carbocycles. The van der Waals surface area contributed by atoms with Gasteiger partial charge in [0.1, 0.15) is 17.5 Å². The maximum Gasteiger partial charge on any atom is 0.255 e. The fourth-order valence-corrected chi connectivity index (χ4v) is 2.61. The third-order valence-corrected chi connectivity index (χ3v) is 4.17. The van der Waals surface area contributed by atoms with Gasteiger partial charge in [-0.2, -0.15) is 5.10 Å². The molecule has 2 aromatic heterocycles. The second-order valence-electron chi connectivity index (χ2n) is 5.40. The highest BCUT2D eigenvalue weighted by Gasteiger charge is 2.09. The van der Waals surface area contributed by atoms with E-state index in [1.54, 1.807) is 42.6 Å². The van der Waals surface area contributed by atoms with Gasteiger partial charge in [-0.05, 0) is 48.5 Å². The molecule has 0 unspecified atom stereocenters. The Morgan fingerprint density at radius 1 is 1.04 bits per heavy atom. The molecular formula is C18H12BrN5O2. The van der Waals surface area contributed by atoms with Gasteiger partial charge in [0.2, 0.25) is 5.88 Å². The summed E-state index contributed by atoms with van der Waals surface area (Å²) in [6.45, 7) is 0. The van der Waals surface area contributed by atoms with Gasteiger partial charge in [0.15, 0.2) is 5.65 Å². The minimum Gasteiger partial charge on any atom is -0.438 e. The first-order chi connectivity index (χ1) is 12.7. The van der Waals surface area contributed by atoms with Gasteiger partial charge in [-0.3, -0.25) is 9.89 Å². The van der Waals surface area contributed by atoms with E-state index in [1.807, 2.05) is 12.1 Å². The summed E-state index contributed by atoms with van der Waals surface area (Å²) in [4.78, 5) is 20.4. The smallest absolute Gasteiger partial charge is 0.255 e. The minimum atomic E-state index is -0.179. The summed E-state index contributed by atoms with van der Waals surface area (Å²) >= 11 is 3.35. The van der Waals surface area contributed by atoms with Crippen LogP contribution in [0.5, 0.6) is 11.6 Å². The molecule has 1 amide bonds.